The molecule has 0 saturated heterocycles. The summed E-state index contributed by atoms with van der Waals surface area (Å²) in [6.45, 7) is 0.109. The minimum absolute atomic E-state index is 0.109. The SMILES string of the molecule is COc1ccc(/C=C/C(=O)CCCn2c(C(F)(F)F)cc3ccccc32)cc1OC. The van der Waals surface area contributed by atoms with E-state index in [1.807, 2.05) is 0 Å². The molecule has 4 nitrogen and oxygen atoms in total. The van der Waals surface area contributed by atoms with Crippen molar-refractivity contribution < 1.29 is 27.4 Å². The van der Waals surface area contributed by atoms with Gasteiger partial charge < -0.3 is 14.0 Å². The number of aromatic nitrogens is 1. The first kappa shape index (κ1) is 21.5. The Kier molecular flexibility index (Phi) is 6.50. The molecule has 1 aromatic heterocycles. The lowest BCUT2D eigenvalue weighted by Gasteiger charge is -2.12. The molecule has 0 bridgehead atoms. The molecule has 30 heavy (non-hydrogen) atoms. The number of carbonyl (C=O) groups is 1. The third kappa shape index (κ3) is 4.84. The number of aryl methyl sites for hydroxylation is 1. The first-order valence-electron chi connectivity index (χ1n) is 9.42. The lowest BCUT2D eigenvalue weighted by Crippen LogP contribution is -2.14. The van der Waals surface area contributed by atoms with Gasteiger partial charge in [0.2, 0.25) is 0 Å². The Morgan fingerprint density at radius 3 is 2.47 bits per heavy atom. The predicted molar refractivity (Wildman–Crippen MR) is 110 cm³/mol. The second-order valence-corrected chi connectivity index (χ2v) is 6.76. The molecule has 0 amide bonds. The van der Waals surface area contributed by atoms with Crippen LogP contribution in [0, 0.1) is 0 Å². The summed E-state index contributed by atoms with van der Waals surface area (Å²) >= 11 is 0. The average molecular weight is 417 g/mol. The van der Waals surface area contributed by atoms with Gasteiger partial charge in [-0.3, -0.25) is 4.79 Å². The minimum atomic E-state index is -4.45. The molecule has 0 spiro atoms. The Hall–Kier alpha value is -3.22. The van der Waals surface area contributed by atoms with E-state index in [9.17, 15) is 18.0 Å². The summed E-state index contributed by atoms with van der Waals surface area (Å²) in [6.07, 6.45) is -0.920. The summed E-state index contributed by atoms with van der Waals surface area (Å²) in [5.74, 6) is 0.974. The van der Waals surface area contributed by atoms with Gasteiger partial charge in [-0.05, 0) is 42.3 Å². The maximum Gasteiger partial charge on any atom is 0.431 e. The number of ketones is 1. The van der Waals surface area contributed by atoms with Crippen molar-refractivity contribution in [1.82, 2.24) is 4.57 Å². The number of methoxy groups -OCH3 is 2. The van der Waals surface area contributed by atoms with E-state index >= 15 is 0 Å². The van der Waals surface area contributed by atoms with Gasteiger partial charge in [-0.2, -0.15) is 13.2 Å². The van der Waals surface area contributed by atoms with Crippen LogP contribution in [0.15, 0.2) is 54.6 Å². The molecule has 3 aromatic rings. The van der Waals surface area contributed by atoms with E-state index in [4.69, 9.17) is 9.47 Å². The summed E-state index contributed by atoms with van der Waals surface area (Å²) in [5, 5.41) is 0.532. The van der Waals surface area contributed by atoms with Gasteiger partial charge in [0.05, 0.1) is 14.2 Å². The van der Waals surface area contributed by atoms with Gasteiger partial charge in [0.1, 0.15) is 5.69 Å². The molecule has 0 unspecified atom stereocenters. The molecule has 7 heteroatoms. The van der Waals surface area contributed by atoms with Crippen molar-refractivity contribution in [2.24, 2.45) is 0 Å². The lowest BCUT2D eigenvalue weighted by molar-refractivity contribution is -0.143. The van der Waals surface area contributed by atoms with Crippen molar-refractivity contribution in [2.45, 2.75) is 25.6 Å². The highest BCUT2D eigenvalue weighted by Crippen LogP contribution is 2.34. The van der Waals surface area contributed by atoms with Crippen LogP contribution in [0.5, 0.6) is 11.5 Å². The van der Waals surface area contributed by atoms with Crippen molar-refractivity contribution in [1.29, 1.82) is 0 Å². The fourth-order valence-corrected chi connectivity index (χ4v) is 3.33. The molecule has 0 aliphatic heterocycles. The number of alkyl halides is 3. The maximum absolute atomic E-state index is 13.4. The Labute approximate surface area is 172 Å². The van der Waals surface area contributed by atoms with E-state index in [0.29, 0.717) is 28.8 Å². The van der Waals surface area contributed by atoms with E-state index in [0.717, 1.165) is 11.6 Å². The van der Waals surface area contributed by atoms with Crippen molar-refractivity contribution >= 4 is 22.8 Å². The molecule has 0 aliphatic carbocycles. The zero-order chi connectivity index (χ0) is 21.7. The van der Waals surface area contributed by atoms with E-state index in [-0.39, 0.29) is 18.7 Å². The van der Waals surface area contributed by atoms with Crippen molar-refractivity contribution in [3.05, 3.63) is 65.9 Å². The van der Waals surface area contributed by atoms with Crippen molar-refractivity contribution in [2.75, 3.05) is 14.2 Å². The molecule has 0 aliphatic rings. The molecule has 0 N–H and O–H groups in total. The quantitative estimate of drug-likeness (QED) is 0.439. The van der Waals surface area contributed by atoms with Gasteiger partial charge in [0.15, 0.2) is 17.3 Å². The normalized spacial score (nSPS) is 11.9. The number of benzene rings is 2. The number of allylic oxidation sites excluding steroid dienone is 1. The molecule has 0 atom stereocenters. The largest absolute Gasteiger partial charge is 0.493 e. The summed E-state index contributed by atoms with van der Waals surface area (Å²) in [7, 11) is 3.06. The Bertz CT molecular complexity index is 1070. The molecule has 1 heterocycles. The summed E-state index contributed by atoms with van der Waals surface area (Å²) in [5.41, 5.74) is 0.576. The number of para-hydroxylation sites is 1. The molecule has 0 radical (unpaired) electrons. The Balaban J connectivity index is 1.66. The van der Waals surface area contributed by atoms with Gasteiger partial charge in [-0.1, -0.05) is 30.3 Å². The zero-order valence-electron chi connectivity index (χ0n) is 16.7. The Morgan fingerprint density at radius 2 is 1.77 bits per heavy atom. The number of hydrogen-bond acceptors (Lipinski definition) is 3. The van der Waals surface area contributed by atoms with E-state index in [2.05, 4.69) is 0 Å². The molecule has 3 rings (SSSR count). The first-order valence-corrected chi connectivity index (χ1v) is 9.42. The van der Waals surface area contributed by atoms with Crippen LogP contribution < -0.4 is 9.47 Å². The van der Waals surface area contributed by atoms with Crippen LogP contribution >= 0.6 is 0 Å². The summed E-state index contributed by atoms with van der Waals surface area (Å²) in [4.78, 5) is 12.2. The van der Waals surface area contributed by atoms with Gasteiger partial charge >= 0.3 is 6.18 Å². The van der Waals surface area contributed by atoms with Crippen LogP contribution in [-0.4, -0.2) is 24.6 Å². The van der Waals surface area contributed by atoms with Crippen molar-refractivity contribution in [3.8, 4) is 11.5 Å². The summed E-state index contributed by atoms with van der Waals surface area (Å²) < 4.78 is 51.8. The highest BCUT2D eigenvalue weighted by molar-refractivity contribution is 5.93. The number of ether oxygens (including phenoxy) is 2. The summed E-state index contributed by atoms with van der Waals surface area (Å²) in [6, 6.07) is 13.1. The van der Waals surface area contributed by atoms with Gasteiger partial charge in [0, 0.05) is 23.9 Å². The topological polar surface area (TPSA) is 40.5 Å². The van der Waals surface area contributed by atoms with Crippen LogP contribution in [0.3, 0.4) is 0 Å². The fraction of sp³-hybridized carbons (Fsp3) is 0.261. The lowest BCUT2D eigenvalue weighted by atomic mass is 10.1. The van der Waals surface area contributed by atoms with E-state index < -0.39 is 11.9 Å². The average Bonchev–Trinajstić information content (AvgIpc) is 3.11. The van der Waals surface area contributed by atoms with Crippen LogP contribution in [0.4, 0.5) is 13.2 Å². The monoisotopic (exact) mass is 417 g/mol. The highest BCUT2D eigenvalue weighted by Gasteiger charge is 2.35. The molecule has 2 aromatic carbocycles. The first-order chi connectivity index (χ1) is 14.3. The fourth-order valence-electron chi connectivity index (χ4n) is 3.33. The van der Waals surface area contributed by atoms with Crippen LogP contribution in [-0.2, 0) is 17.5 Å². The number of fused-ring (bicyclic) bond motifs is 1. The Morgan fingerprint density at radius 1 is 1.03 bits per heavy atom. The standard InChI is InChI=1S/C23H22F3NO3/c1-29-20-12-10-16(14-21(20)30-2)9-11-18(28)7-5-13-27-19-8-4-3-6-17(19)15-22(27)23(24,25)26/h3-4,6,8-12,14-15H,5,7,13H2,1-2H3/b11-9+. The molecule has 0 fully saturated rings. The van der Waals surface area contributed by atoms with Gasteiger partial charge in [-0.15, -0.1) is 0 Å². The molecular weight excluding hydrogens is 395 g/mol. The maximum atomic E-state index is 13.4. The third-order valence-electron chi connectivity index (χ3n) is 4.78. The molecule has 0 saturated carbocycles. The zero-order valence-corrected chi connectivity index (χ0v) is 16.7. The number of halogens is 3. The second-order valence-electron chi connectivity index (χ2n) is 6.76. The number of nitrogens with zero attached hydrogens (tertiary/aromatic N) is 1. The van der Waals surface area contributed by atoms with E-state index in [1.165, 1.54) is 24.9 Å². The second kappa shape index (κ2) is 9.07. The number of rotatable bonds is 8. The van der Waals surface area contributed by atoms with Gasteiger partial charge in [0.25, 0.3) is 0 Å². The van der Waals surface area contributed by atoms with Crippen LogP contribution in [0.1, 0.15) is 24.1 Å². The number of carbonyl (C=O) groups excluding carboxylic acids is 1. The number of hydrogen-bond donors (Lipinski definition) is 0. The minimum Gasteiger partial charge on any atom is -0.493 e. The molecular formula is C23H22F3NO3. The molecule has 158 valence electrons. The smallest absolute Gasteiger partial charge is 0.431 e. The highest BCUT2D eigenvalue weighted by atomic mass is 19.4. The third-order valence-corrected chi connectivity index (χ3v) is 4.78. The van der Waals surface area contributed by atoms with Crippen molar-refractivity contribution in [3.63, 3.8) is 0 Å². The van der Waals surface area contributed by atoms with Crippen LogP contribution in [0.2, 0.25) is 0 Å². The van der Waals surface area contributed by atoms with E-state index in [1.54, 1.807) is 48.5 Å². The van der Waals surface area contributed by atoms with Gasteiger partial charge in [-0.25, -0.2) is 0 Å². The van der Waals surface area contributed by atoms with Crippen LogP contribution in [0.25, 0.3) is 17.0 Å². The predicted octanol–water partition coefficient (Wildman–Crippen LogP) is 5.74.